The highest BCUT2D eigenvalue weighted by molar-refractivity contribution is 7.45. The second-order valence-corrected chi connectivity index (χ2v) is 2.76. The molecular weight excluding hydrogens is 173 g/mol. The molecule has 0 fully saturated rings. The van der Waals surface area contributed by atoms with Gasteiger partial charge >= 0.3 is 7.82 Å². The summed E-state index contributed by atoms with van der Waals surface area (Å²) in [5.41, 5.74) is 4.76. The van der Waals surface area contributed by atoms with Gasteiger partial charge < -0.3 is 20.4 Å². The third-order valence-electron chi connectivity index (χ3n) is 0.496. The first-order valence-corrected chi connectivity index (χ1v) is 4.40. The van der Waals surface area contributed by atoms with Gasteiger partial charge in [0.15, 0.2) is 0 Å². The van der Waals surface area contributed by atoms with Gasteiger partial charge in [-0.3, -0.25) is 4.79 Å². The fourth-order valence-corrected chi connectivity index (χ4v) is 0.246. The van der Waals surface area contributed by atoms with E-state index in [0.717, 1.165) is 6.42 Å². The monoisotopic (exact) mass is 185 g/mol. The molecule has 0 aromatic carbocycles. The number of carbonyl (C=O) groups is 1. The zero-order valence-corrected chi connectivity index (χ0v) is 6.99. The molecule has 0 aliphatic carbocycles. The highest BCUT2D eigenvalue weighted by Crippen LogP contribution is 2.25. The fraction of sp³-hybridized carbons (Fsp3) is 0.750. The topological polar surface area (TPSA) is 121 Å². The van der Waals surface area contributed by atoms with Gasteiger partial charge in [-0.2, -0.15) is 0 Å². The predicted molar refractivity (Wildman–Crippen MR) is 38.4 cm³/mol. The van der Waals surface area contributed by atoms with Crippen molar-refractivity contribution in [3.05, 3.63) is 0 Å². The Kier molecular flexibility index (Phi) is 7.55. The van der Waals surface area contributed by atoms with Crippen molar-refractivity contribution in [1.29, 1.82) is 0 Å². The first-order valence-electron chi connectivity index (χ1n) is 2.84. The molecule has 0 bridgehead atoms. The molecule has 0 aliphatic rings. The number of rotatable bonds is 2. The maximum atomic E-state index is 9.82. The highest BCUT2D eigenvalue weighted by Gasteiger charge is 2.00. The second kappa shape index (κ2) is 6.30. The minimum atomic E-state index is -4.64. The summed E-state index contributed by atoms with van der Waals surface area (Å²) < 4.78 is 8.88. The van der Waals surface area contributed by atoms with E-state index in [1.165, 1.54) is 0 Å². The van der Waals surface area contributed by atoms with E-state index < -0.39 is 7.82 Å². The molecule has 5 N–H and O–H groups in total. The van der Waals surface area contributed by atoms with E-state index in [9.17, 15) is 4.79 Å². The summed E-state index contributed by atoms with van der Waals surface area (Å²) in [5.74, 6) is -0.211. The summed E-state index contributed by atoms with van der Waals surface area (Å²) in [7, 11) is -4.64. The smallest absolute Gasteiger partial charge is 0.370 e. The van der Waals surface area contributed by atoms with Crippen molar-refractivity contribution in [1.82, 2.24) is 0 Å². The van der Waals surface area contributed by atoms with Gasteiger partial charge in [0.1, 0.15) is 0 Å². The van der Waals surface area contributed by atoms with Crippen LogP contribution in [0.15, 0.2) is 0 Å². The summed E-state index contributed by atoms with van der Waals surface area (Å²) in [4.78, 5) is 31.4. The Morgan fingerprint density at radius 1 is 1.45 bits per heavy atom. The molecule has 0 saturated carbocycles. The van der Waals surface area contributed by atoms with Crippen molar-refractivity contribution in [2.75, 3.05) is 0 Å². The molecule has 0 atom stereocenters. The number of hydrogen-bond acceptors (Lipinski definition) is 2. The third kappa shape index (κ3) is 82.7. The quantitative estimate of drug-likeness (QED) is 0.425. The molecule has 6 nitrogen and oxygen atoms in total. The predicted octanol–water partition coefficient (Wildman–Crippen LogP) is -0.657. The summed E-state index contributed by atoms with van der Waals surface area (Å²) in [5, 5.41) is 0. The van der Waals surface area contributed by atoms with Crippen LogP contribution in [0.25, 0.3) is 0 Å². The Morgan fingerprint density at radius 3 is 1.73 bits per heavy atom. The number of nitrogens with two attached hydrogens (primary N) is 1. The molecule has 0 radical (unpaired) electrons. The van der Waals surface area contributed by atoms with Crippen molar-refractivity contribution in [2.45, 2.75) is 19.8 Å². The van der Waals surface area contributed by atoms with Crippen molar-refractivity contribution in [2.24, 2.45) is 5.73 Å². The van der Waals surface area contributed by atoms with E-state index in [1.807, 2.05) is 6.92 Å². The molecule has 0 spiro atoms. The van der Waals surface area contributed by atoms with Crippen molar-refractivity contribution >= 4 is 13.7 Å². The maximum absolute atomic E-state index is 9.82. The minimum Gasteiger partial charge on any atom is -0.370 e. The number of amides is 1. The third-order valence-corrected chi connectivity index (χ3v) is 0.496. The molecule has 1 amide bonds. The van der Waals surface area contributed by atoms with Gasteiger partial charge in [-0.25, -0.2) is 4.57 Å². The lowest BCUT2D eigenvalue weighted by atomic mass is 10.3. The summed E-state index contributed by atoms with van der Waals surface area (Å²) in [6, 6.07) is 0. The van der Waals surface area contributed by atoms with Crippen LogP contribution in [0, 0.1) is 0 Å². The van der Waals surface area contributed by atoms with Crippen LogP contribution in [0.5, 0.6) is 0 Å². The number of phosphoric acid groups is 1. The zero-order valence-electron chi connectivity index (χ0n) is 6.10. The molecule has 0 aromatic rings. The Hall–Kier alpha value is -0.420. The Balaban J connectivity index is 0. The Labute approximate surface area is 64.3 Å². The van der Waals surface area contributed by atoms with Crippen LogP contribution in [-0.4, -0.2) is 20.6 Å². The fourth-order valence-electron chi connectivity index (χ4n) is 0.246. The van der Waals surface area contributed by atoms with Crippen LogP contribution in [0.2, 0.25) is 0 Å². The van der Waals surface area contributed by atoms with Crippen molar-refractivity contribution < 1.29 is 24.0 Å². The molecule has 0 unspecified atom stereocenters. The van der Waals surface area contributed by atoms with Gasteiger partial charge in [-0.15, -0.1) is 0 Å². The molecule has 0 saturated heterocycles. The van der Waals surface area contributed by atoms with Gasteiger partial charge in [0.2, 0.25) is 5.91 Å². The molecule has 7 heteroatoms. The van der Waals surface area contributed by atoms with E-state index in [4.69, 9.17) is 25.0 Å². The van der Waals surface area contributed by atoms with Crippen LogP contribution >= 0.6 is 7.82 Å². The van der Waals surface area contributed by atoms with E-state index in [2.05, 4.69) is 0 Å². The lowest BCUT2D eigenvalue weighted by Crippen LogP contribution is -2.08. The molecule has 0 heterocycles. The summed E-state index contributed by atoms with van der Waals surface area (Å²) >= 11 is 0. The molecule has 0 aromatic heterocycles. The molecular formula is C4H12NO5P. The summed E-state index contributed by atoms with van der Waals surface area (Å²) in [6.45, 7) is 1.92. The standard InChI is InChI=1S/C4H9NO.H3O4P/c1-2-3-4(5)6;1-5(2,3)4/h2-3H2,1H3,(H2,5,6);(H3,1,2,3,4). The summed E-state index contributed by atoms with van der Waals surface area (Å²) in [6.07, 6.45) is 1.37. The number of primary amides is 1. The van der Waals surface area contributed by atoms with Crippen molar-refractivity contribution in [3.63, 3.8) is 0 Å². The molecule has 68 valence electrons. The van der Waals surface area contributed by atoms with Crippen LogP contribution in [-0.2, 0) is 9.36 Å². The first kappa shape index (κ1) is 13.2. The largest absolute Gasteiger partial charge is 0.466 e. The molecule has 0 aliphatic heterocycles. The first-order chi connectivity index (χ1) is 4.77. The van der Waals surface area contributed by atoms with Gasteiger partial charge in [0.25, 0.3) is 0 Å². The average Bonchev–Trinajstić information content (AvgIpc) is 1.58. The SMILES string of the molecule is CCCC(N)=O.O=P(O)(O)O. The minimum absolute atomic E-state index is 0.211. The van der Waals surface area contributed by atoms with Crippen LogP contribution in [0.4, 0.5) is 0 Å². The normalized spacial score (nSPS) is 9.82. The lowest BCUT2D eigenvalue weighted by Gasteiger charge is -1.82. The van der Waals surface area contributed by atoms with Gasteiger partial charge in [-0.05, 0) is 6.42 Å². The number of hydrogen-bond donors (Lipinski definition) is 4. The van der Waals surface area contributed by atoms with Gasteiger partial charge in [0, 0.05) is 6.42 Å². The Bertz CT molecular complexity index is 144. The van der Waals surface area contributed by atoms with E-state index in [-0.39, 0.29) is 5.91 Å². The number of carbonyl (C=O) groups excluding carboxylic acids is 1. The molecule has 11 heavy (non-hydrogen) atoms. The molecule has 0 rings (SSSR count). The lowest BCUT2D eigenvalue weighted by molar-refractivity contribution is -0.118. The highest BCUT2D eigenvalue weighted by atomic mass is 31.2. The van der Waals surface area contributed by atoms with Crippen LogP contribution in [0.3, 0.4) is 0 Å². The second-order valence-electron chi connectivity index (χ2n) is 1.73. The average molecular weight is 185 g/mol. The van der Waals surface area contributed by atoms with E-state index in [1.54, 1.807) is 0 Å². The van der Waals surface area contributed by atoms with E-state index in [0.29, 0.717) is 6.42 Å². The van der Waals surface area contributed by atoms with Gasteiger partial charge in [-0.1, -0.05) is 6.92 Å². The zero-order chi connectivity index (χ0) is 9.49. The van der Waals surface area contributed by atoms with Crippen LogP contribution in [0.1, 0.15) is 19.8 Å². The van der Waals surface area contributed by atoms with Gasteiger partial charge in [0.05, 0.1) is 0 Å². The van der Waals surface area contributed by atoms with E-state index >= 15 is 0 Å². The maximum Gasteiger partial charge on any atom is 0.466 e. The van der Waals surface area contributed by atoms with Crippen molar-refractivity contribution in [3.8, 4) is 0 Å². The Morgan fingerprint density at radius 2 is 1.73 bits per heavy atom. The van der Waals surface area contributed by atoms with Crippen LogP contribution < -0.4 is 5.73 Å².